The molecule has 0 saturated heterocycles. The second kappa shape index (κ2) is 6.20. The number of aromatic nitrogens is 3. The lowest BCUT2D eigenvalue weighted by molar-refractivity contribution is 0.0600. The Labute approximate surface area is 125 Å². The minimum absolute atomic E-state index is 0.00674. The summed E-state index contributed by atoms with van der Waals surface area (Å²) >= 11 is 5.88. The van der Waals surface area contributed by atoms with E-state index in [1.54, 1.807) is 0 Å². The molecule has 0 atom stereocenters. The number of carbonyl (C=O) groups excluding carboxylic acids is 1. The predicted molar refractivity (Wildman–Crippen MR) is 73.2 cm³/mol. The molecule has 0 aliphatic carbocycles. The lowest BCUT2D eigenvalue weighted by Gasteiger charge is -2.08. The number of nitrogens with one attached hydrogen (secondary N) is 2. The summed E-state index contributed by atoms with van der Waals surface area (Å²) in [5.74, 6) is -0.308. The zero-order valence-electron chi connectivity index (χ0n) is 10.8. The highest BCUT2D eigenvalue weighted by Gasteiger charge is 2.20. The fourth-order valence-corrected chi connectivity index (χ4v) is 3.02. The zero-order chi connectivity index (χ0) is 15.5. The van der Waals surface area contributed by atoms with Gasteiger partial charge >= 0.3 is 5.97 Å². The summed E-state index contributed by atoms with van der Waals surface area (Å²) in [7, 11) is -2.71. The highest BCUT2D eigenvalue weighted by atomic mass is 35.5. The molecule has 10 heteroatoms. The van der Waals surface area contributed by atoms with Crippen LogP contribution < -0.4 is 4.72 Å². The van der Waals surface area contributed by atoms with E-state index < -0.39 is 16.0 Å². The molecule has 0 bridgehead atoms. The number of rotatable bonds is 5. The minimum Gasteiger partial charge on any atom is -0.465 e. The van der Waals surface area contributed by atoms with Gasteiger partial charge in [-0.15, -0.1) is 0 Å². The van der Waals surface area contributed by atoms with Crippen molar-refractivity contribution in [1.82, 2.24) is 19.9 Å². The molecule has 0 spiro atoms. The molecule has 0 saturated carbocycles. The number of benzene rings is 1. The van der Waals surface area contributed by atoms with Gasteiger partial charge in [0, 0.05) is 0 Å². The molecule has 112 valence electrons. The standard InChI is InChI=1S/C11H11ClN4O4S/c1-20-11(17)7-2-3-8(12)9(4-7)21(18,19)15-5-10-13-6-14-16-10/h2-4,6,15H,5H2,1H3,(H,13,14,16). The fraction of sp³-hybridized carbons (Fsp3) is 0.182. The highest BCUT2D eigenvalue weighted by Crippen LogP contribution is 2.23. The first-order valence-electron chi connectivity index (χ1n) is 5.66. The third kappa shape index (κ3) is 3.57. The van der Waals surface area contributed by atoms with Crippen LogP contribution in [0.3, 0.4) is 0 Å². The number of nitrogens with zero attached hydrogens (tertiary/aromatic N) is 2. The monoisotopic (exact) mass is 330 g/mol. The van der Waals surface area contributed by atoms with E-state index in [1.165, 1.54) is 25.6 Å². The predicted octanol–water partition coefficient (Wildman–Crippen LogP) is 0.723. The average Bonchev–Trinajstić information content (AvgIpc) is 2.98. The summed E-state index contributed by atoms with van der Waals surface area (Å²) in [4.78, 5) is 15.0. The van der Waals surface area contributed by atoms with E-state index in [-0.39, 0.29) is 22.0 Å². The van der Waals surface area contributed by atoms with Gasteiger partial charge in [0.2, 0.25) is 10.0 Å². The highest BCUT2D eigenvalue weighted by molar-refractivity contribution is 7.89. The Morgan fingerprint density at radius 3 is 2.86 bits per heavy atom. The van der Waals surface area contributed by atoms with Gasteiger partial charge in [-0.05, 0) is 18.2 Å². The lowest BCUT2D eigenvalue weighted by Crippen LogP contribution is -2.24. The van der Waals surface area contributed by atoms with Gasteiger partial charge in [-0.2, -0.15) is 5.10 Å². The van der Waals surface area contributed by atoms with Crippen molar-refractivity contribution < 1.29 is 17.9 Å². The van der Waals surface area contributed by atoms with Crippen LogP contribution in [0.2, 0.25) is 5.02 Å². The normalized spacial score (nSPS) is 11.3. The Hall–Kier alpha value is -1.97. The maximum Gasteiger partial charge on any atom is 0.337 e. The van der Waals surface area contributed by atoms with Crippen molar-refractivity contribution in [3.63, 3.8) is 0 Å². The molecule has 1 aromatic heterocycles. The van der Waals surface area contributed by atoms with Crippen molar-refractivity contribution in [3.05, 3.63) is 40.9 Å². The van der Waals surface area contributed by atoms with Crippen molar-refractivity contribution in [1.29, 1.82) is 0 Å². The average molecular weight is 331 g/mol. The number of ether oxygens (including phenoxy) is 1. The van der Waals surface area contributed by atoms with Gasteiger partial charge < -0.3 is 4.74 Å². The molecule has 2 rings (SSSR count). The molecular weight excluding hydrogens is 320 g/mol. The maximum atomic E-state index is 12.2. The number of methoxy groups -OCH3 is 1. The van der Waals surface area contributed by atoms with Gasteiger partial charge in [-0.3, -0.25) is 5.10 Å². The van der Waals surface area contributed by atoms with Crippen molar-refractivity contribution in [2.45, 2.75) is 11.4 Å². The van der Waals surface area contributed by atoms with Gasteiger partial charge in [0.25, 0.3) is 0 Å². The van der Waals surface area contributed by atoms with Crippen LogP contribution in [-0.4, -0.2) is 36.7 Å². The van der Waals surface area contributed by atoms with Crippen molar-refractivity contribution in [3.8, 4) is 0 Å². The van der Waals surface area contributed by atoms with Crippen LogP contribution >= 0.6 is 11.6 Å². The third-order valence-corrected chi connectivity index (χ3v) is 4.42. The minimum atomic E-state index is -3.91. The van der Waals surface area contributed by atoms with Crippen molar-refractivity contribution in [2.24, 2.45) is 0 Å². The maximum absolute atomic E-state index is 12.2. The van der Waals surface area contributed by atoms with Gasteiger partial charge in [0.05, 0.1) is 24.2 Å². The zero-order valence-corrected chi connectivity index (χ0v) is 12.4. The van der Waals surface area contributed by atoms with Gasteiger partial charge in [-0.1, -0.05) is 11.6 Å². The van der Waals surface area contributed by atoms with E-state index in [1.807, 2.05) is 0 Å². The summed E-state index contributed by atoms with van der Waals surface area (Å²) in [5.41, 5.74) is 0.0851. The number of aromatic amines is 1. The summed E-state index contributed by atoms with van der Waals surface area (Å²) in [6.45, 7) is -0.0822. The Bertz CT molecular complexity index is 746. The summed E-state index contributed by atoms with van der Waals surface area (Å²) in [6.07, 6.45) is 1.26. The van der Waals surface area contributed by atoms with Crippen LogP contribution in [0.4, 0.5) is 0 Å². The molecule has 0 fully saturated rings. The van der Waals surface area contributed by atoms with E-state index in [4.69, 9.17) is 11.6 Å². The van der Waals surface area contributed by atoms with Crippen LogP contribution in [0.1, 0.15) is 16.2 Å². The van der Waals surface area contributed by atoms with E-state index in [0.29, 0.717) is 5.82 Å². The smallest absolute Gasteiger partial charge is 0.337 e. The number of sulfonamides is 1. The Kier molecular flexibility index (Phi) is 4.56. The van der Waals surface area contributed by atoms with Gasteiger partial charge in [0.15, 0.2) is 0 Å². The van der Waals surface area contributed by atoms with Crippen LogP contribution in [0, 0.1) is 0 Å². The van der Waals surface area contributed by atoms with E-state index >= 15 is 0 Å². The Morgan fingerprint density at radius 1 is 1.48 bits per heavy atom. The summed E-state index contributed by atoms with van der Waals surface area (Å²) < 4.78 is 31.2. The van der Waals surface area contributed by atoms with Crippen LogP contribution in [0.15, 0.2) is 29.4 Å². The molecule has 8 nitrogen and oxygen atoms in total. The second-order valence-electron chi connectivity index (χ2n) is 3.89. The summed E-state index contributed by atoms with van der Waals surface area (Å²) in [5, 5.41) is 6.12. The molecule has 0 aliphatic heterocycles. The van der Waals surface area contributed by atoms with Gasteiger partial charge in [0.1, 0.15) is 17.0 Å². The molecule has 2 N–H and O–H groups in total. The van der Waals surface area contributed by atoms with Crippen LogP contribution in [0.5, 0.6) is 0 Å². The fourth-order valence-electron chi connectivity index (χ4n) is 1.51. The Morgan fingerprint density at radius 2 is 2.24 bits per heavy atom. The van der Waals surface area contributed by atoms with Crippen LogP contribution in [0.25, 0.3) is 0 Å². The number of halogens is 1. The summed E-state index contributed by atoms with van der Waals surface area (Å²) in [6, 6.07) is 3.84. The van der Waals surface area contributed by atoms with E-state index in [0.717, 1.165) is 6.07 Å². The van der Waals surface area contributed by atoms with Crippen molar-refractivity contribution in [2.75, 3.05) is 7.11 Å². The molecule has 1 heterocycles. The Balaban J connectivity index is 2.28. The third-order valence-electron chi connectivity index (χ3n) is 2.54. The number of hydrogen-bond acceptors (Lipinski definition) is 6. The van der Waals surface area contributed by atoms with Gasteiger partial charge in [-0.25, -0.2) is 22.9 Å². The topological polar surface area (TPSA) is 114 Å². The molecule has 1 aromatic carbocycles. The van der Waals surface area contributed by atoms with Crippen LogP contribution in [-0.2, 0) is 21.3 Å². The quantitative estimate of drug-likeness (QED) is 0.781. The largest absolute Gasteiger partial charge is 0.465 e. The van der Waals surface area contributed by atoms with Crippen molar-refractivity contribution >= 4 is 27.6 Å². The van der Waals surface area contributed by atoms with E-state index in [9.17, 15) is 13.2 Å². The molecule has 0 unspecified atom stereocenters. The first-order chi connectivity index (χ1) is 9.94. The number of H-pyrrole nitrogens is 1. The number of esters is 1. The lowest BCUT2D eigenvalue weighted by atomic mass is 10.2. The molecular formula is C11H11ClN4O4S. The van der Waals surface area contributed by atoms with E-state index in [2.05, 4.69) is 24.6 Å². The number of carbonyl (C=O) groups is 1. The first kappa shape index (κ1) is 15.4. The SMILES string of the molecule is COC(=O)c1ccc(Cl)c(S(=O)(=O)NCc2ncn[nH]2)c1. The molecule has 0 amide bonds. The second-order valence-corrected chi connectivity index (χ2v) is 6.04. The molecule has 0 radical (unpaired) electrons. The molecule has 0 aliphatic rings. The molecule has 2 aromatic rings. The molecule has 21 heavy (non-hydrogen) atoms. The number of hydrogen-bond donors (Lipinski definition) is 2. The first-order valence-corrected chi connectivity index (χ1v) is 7.52.